The van der Waals surface area contributed by atoms with Gasteiger partial charge in [-0.25, -0.2) is 0 Å². The lowest BCUT2D eigenvalue weighted by atomic mass is 10.1. The molecule has 1 heterocycles. The molecule has 0 fully saturated rings. The molecule has 2 nitrogen and oxygen atoms in total. The molecule has 16 heavy (non-hydrogen) atoms. The number of nitrogens with zero attached hydrogens (tertiary/aromatic N) is 1. The van der Waals surface area contributed by atoms with E-state index in [9.17, 15) is 4.79 Å². The van der Waals surface area contributed by atoms with Crippen LogP contribution in [0.5, 0.6) is 0 Å². The fraction of sp³-hybridized carbons (Fsp3) is 0.0769. The van der Waals surface area contributed by atoms with Gasteiger partial charge in [0.1, 0.15) is 5.69 Å². The van der Waals surface area contributed by atoms with E-state index >= 15 is 0 Å². The highest BCUT2D eigenvalue weighted by Crippen LogP contribution is 2.19. The Morgan fingerprint density at radius 3 is 2.19 bits per heavy atom. The maximum Gasteiger partial charge on any atom is 0.178 e. The number of Topliss-reactive ketones (excluding diaryl/α,β-unsaturated/α-hetero) is 1. The fourth-order valence-corrected chi connectivity index (χ4v) is 1.77. The van der Waals surface area contributed by atoms with E-state index in [0.29, 0.717) is 5.69 Å². The lowest BCUT2D eigenvalue weighted by Gasteiger charge is -2.02. The molecule has 0 radical (unpaired) electrons. The smallest absolute Gasteiger partial charge is 0.178 e. The summed E-state index contributed by atoms with van der Waals surface area (Å²) < 4.78 is 1.20. The van der Waals surface area contributed by atoms with E-state index in [1.165, 1.54) is 10.5 Å². The predicted octanol–water partition coefficient (Wildman–Crippen LogP) is 3.56. The molecule has 0 amide bonds. The van der Waals surface area contributed by atoms with Crippen molar-refractivity contribution in [1.29, 1.82) is 0 Å². The first-order valence-corrected chi connectivity index (χ1v) is 5.97. The molecule has 80 valence electrons. The van der Waals surface area contributed by atoms with Crippen LogP contribution < -0.4 is 0 Å². The minimum Gasteiger partial charge on any atom is -0.293 e. The van der Waals surface area contributed by atoms with Crippen LogP contribution in [0.4, 0.5) is 0 Å². The van der Waals surface area contributed by atoms with Crippen molar-refractivity contribution in [2.45, 2.75) is 6.92 Å². The third-order valence-corrected chi connectivity index (χ3v) is 3.02. The van der Waals surface area contributed by atoms with Crippen LogP contribution >= 0.6 is 22.6 Å². The molecule has 0 saturated heterocycles. The van der Waals surface area contributed by atoms with E-state index in [1.54, 1.807) is 12.3 Å². The Kier molecular flexibility index (Phi) is 3.33. The molecule has 0 spiro atoms. The first kappa shape index (κ1) is 11.3. The van der Waals surface area contributed by atoms with Crippen molar-refractivity contribution >= 4 is 28.4 Å². The molecule has 2 aromatic rings. The average molecular weight is 323 g/mol. The van der Waals surface area contributed by atoms with Gasteiger partial charge in [0.05, 0.1) is 0 Å². The van der Waals surface area contributed by atoms with Crippen molar-refractivity contribution in [3.8, 4) is 11.1 Å². The van der Waals surface area contributed by atoms with Gasteiger partial charge in [-0.15, -0.1) is 0 Å². The molecule has 0 bridgehead atoms. The molecule has 1 aromatic heterocycles. The predicted molar refractivity (Wildman–Crippen MR) is 72.4 cm³/mol. The zero-order chi connectivity index (χ0) is 11.5. The lowest BCUT2D eigenvalue weighted by molar-refractivity contribution is 0.101. The number of halogens is 1. The number of pyridine rings is 1. The van der Waals surface area contributed by atoms with Gasteiger partial charge in [-0.2, -0.15) is 0 Å². The summed E-state index contributed by atoms with van der Waals surface area (Å²) in [7, 11) is 0. The Morgan fingerprint density at radius 1 is 1.06 bits per heavy atom. The van der Waals surface area contributed by atoms with Gasteiger partial charge < -0.3 is 0 Å². The molecule has 0 aliphatic carbocycles. The molecular formula is C13H10INO. The van der Waals surface area contributed by atoms with E-state index < -0.39 is 0 Å². The van der Waals surface area contributed by atoms with E-state index in [2.05, 4.69) is 39.7 Å². The number of hydrogen-bond donors (Lipinski definition) is 0. The summed E-state index contributed by atoms with van der Waals surface area (Å²) in [6, 6.07) is 11.9. The van der Waals surface area contributed by atoms with Crippen molar-refractivity contribution in [3.63, 3.8) is 0 Å². The van der Waals surface area contributed by atoms with Crippen LogP contribution in [0.25, 0.3) is 11.1 Å². The van der Waals surface area contributed by atoms with Gasteiger partial charge in [0.15, 0.2) is 5.78 Å². The maximum atomic E-state index is 11.1. The van der Waals surface area contributed by atoms with Crippen LogP contribution in [0.2, 0.25) is 0 Å². The molecule has 0 aliphatic heterocycles. The Hall–Kier alpha value is -1.23. The van der Waals surface area contributed by atoms with Gasteiger partial charge in [-0.1, -0.05) is 18.2 Å². The number of aromatic nitrogens is 1. The van der Waals surface area contributed by atoms with Gasteiger partial charge in [-0.3, -0.25) is 9.78 Å². The van der Waals surface area contributed by atoms with E-state index in [4.69, 9.17) is 0 Å². The highest BCUT2D eigenvalue weighted by molar-refractivity contribution is 14.1. The van der Waals surface area contributed by atoms with E-state index in [0.717, 1.165) is 11.1 Å². The lowest BCUT2D eigenvalue weighted by Crippen LogP contribution is -1.95. The topological polar surface area (TPSA) is 30.0 Å². The number of rotatable bonds is 2. The van der Waals surface area contributed by atoms with Crippen LogP contribution in [0.15, 0.2) is 42.6 Å². The molecule has 0 atom stereocenters. The Morgan fingerprint density at radius 2 is 1.69 bits per heavy atom. The van der Waals surface area contributed by atoms with Crippen LogP contribution in [0.3, 0.4) is 0 Å². The second kappa shape index (κ2) is 4.74. The van der Waals surface area contributed by atoms with Gasteiger partial charge in [0.2, 0.25) is 0 Å². The summed E-state index contributed by atoms with van der Waals surface area (Å²) >= 11 is 2.27. The number of carbonyl (C=O) groups excluding carboxylic acids is 1. The Labute approximate surface area is 108 Å². The van der Waals surface area contributed by atoms with Gasteiger partial charge >= 0.3 is 0 Å². The molecule has 0 aliphatic rings. The Balaban J connectivity index is 2.34. The Bertz CT molecular complexity index is 502. The molecule has 0 saturated carbocycles. The molecule has 2 rings (SSSR count). The van der Waals surface area contributed by atoms with Gasteiger partial charge in [0, 0.05) is 22.3 Å². The van der Waals surface area contributed by atoms with Crippen LogP contribution in [-0.4, -0.2) is 10.8 Å². The average Bonchev–Trinajstić information content (AvgIpc) is 2.30. The molecule has 0 N–H and O–H groups in total. The van der Waals surface area contributed by atoms with Crippen LogP contribution in [0.1, 0.15) is 17.4 Å². The maximum absolute atomic E-state index is 11.1. The largest absolute Gasteiger partial charge is 0.293 e. The number of benzene rings is 1. The summed E-state index contributed by atoms with van der Waals surface area (Å²) in [6.07, 6.45) is 1.74. The summed E-state index contributed by atoms with van der Waals surface area (Å²) in [5, 5.41) is 0. The first-order chi connectivity index (χ1) is 7.66. The molecule has 1 aromatic carbocycles. The summed E-state index contributed by atoms with van der Waals surface area (Å²) in [4.78, 5) is 15.2. The second-order valence-corrected chi connectivity index (χ2v) is 4.74. The minimum atomic E-state index is -0.00541. The zero-order valence-corrected chi connectivity index (χ0v) is 10.9. The van der Waals surface area contributed by atoms with Crippen LogP contribution in [-0.2, 0) is 0 Å². The fourth-order valence-electron chi connectivity index (χ4n) is 1.42. The zero-order valence-electron chi connectivity index (χ0n) is 8.77. The van der Waals surface area contributed by atoms with Crippen molar-refractivity contribution in [1.82, 2.24) is 4.98 Å². The van der Waals surface area contributed by atoms with E-state index in [1.807, 2.05) is 18.2 Å². The summed E-state index contributed by atoms with van der Waals surface area (Å²) in [5.41, 5.74) is 2.65. The standard InChI is InChI=1S/C13H10INO/c1-9(16)13-7-4-11(8-15-13)10-2-5-12(14)6-3-10/h2-8H,1H3. The van der Waals surface area contributed by atoms with Gasteiger partial charge in [-0.05, 0) is 46.4 Å². The number of hydrogen-bond acceptors (Lipinski definition) is 2. The molecule has 0 unspecified atom stereocenters. The second-order valence-electron chi connectivity index (χ2n) is 3.50. The molecular weight excluding hydrogens is 313 g/mol. The normalized spacial score (nSPS) is 10.1. The number of carbonyl (C=O) groups is 1. The minimum absolute atomic E-state index is 0.00541. The third kappa shape index (κ3) is 2.47. The van der Waals surface area contributed by atoms with Crippen molar-refractivity contribution in [2.24, 2.45) is 0 Å². The van der Waals surface area contributed by atoms with Crippen molar-refractivity contribution < 1.29 is 4.79 Å². The third-order valence-electron chi connectivity index (χ3n) is 2.30. The first-order valence-electron chi connectivity index (χ1n) is 4.90. The number of ketones is 1. The van der Waals surface area contributed by atoms with Crippen molar-refractivity contribution in [2.75, 3.05) is 0 Å². The van der Waals surface area contributed by atoms with Gasteiger partial charge in [0.25, 0.3) is 0 Å². The van der Waals surface area contributed by atoms with Crippen LogP contribution in [0, 0.1) is 3.57 Å². The quantitative estimate of drug-likeness (QED) is 0.625. The highest BCUT2D eigenvalue weighted by atomic mass is 127. The molecule has 3 heteroatoms. The summed E-state index contributed by atoms with van der Waals surface area (Å²) in [5.74, 6) is -0.00541. The highest BCUT2D eigenvalue weighted by Gasteiger charge is 2.02. The summed E-state index contributed by atoms with van der Waals surface area (Å²) in [6.45, 7) is 1.52. The SMILES string of the molecule is CC(=O)c1ccc(-c2ccc(I)cc2)cn1. The van der Waals surface area contributed by atoms with Crippen molar-refractivity contribution in [3.05, 3.63) is 51.9 Å². The van der Waals surface area contributed by atoms with E-state index in [-0.39, 0.29) is 5.78 Å². The monoisotopic (exact) mass is 323 g/mol.